The van der Waals surface area contributed by atoms with E-state index in [0.717, 1.165) is 18.7 Å². The second kappa shape index (κ2) is 8.61. The third kappa shape index (κ3) is 5.14. The van der Waals surface area contributed by atoms with Gasteiger partial charge >= 0.3 is 0 Å². The molecule has 0 spiro atoms. The molecule has 1 heterocycles. The maximum Gasteiger partial charge on any atom is 0.242 e. The zero-order chi connectivity index (χ0) is 17.6. The van der Waals surface area contributed by atoms with Gasteiger partial charge in [-0.1, -0.05) is 31.4 Å². The van der Waals surface area contributed by atoms with E-state index in [1.54, 1.807) is 12.1 Å². The van der Waals surface area contributed by atoms with Gasteiger partial charge in [-0.05, 0) is 48.7 Å². The molecule has 1 aliphatic carbocycles. The van der Waals surface area contributed by atoms with Crippen LogP contribution in [0.5, 0.6) is 0 Å². The van der Waals surface area contributed by atoms with Crippen molar-refractivity contribution < 1.29 is 9.18 Å². The molecule has 1 N–H and O–H groups in total. The van der Waals surface area contributed by atoms with Crippen molar-refractivity contribution in [3.63, 3.8) is 0 Å². The minimum Gasteiger partial charge on any atom is -0.362 e. The predicted molar refractivity (Wildman–Crippen MR) is 101 cm³/mol. The molecule has 6 heteroatoms. The first-order chi connectivity index (χ1) is 12.1. The van der Waals surface area contributed by atoms with Crippen LogP contribution in [0.2, 0.25) is 0 Å². The summed E-state index contributed by atoms with van der Waals surface area (Å²) in [7, 11) is 0. The zero-order valence-corrected chi connectivity index (χ0v) is 15.4. The van der Waals surface area contributed by atoms with E-state index in [9.17, 15) is 9.18 Å². The summed E-state index contributed by atoms with van der Waals surface area (Å²) in [5, 5.41) is 4.05. The SMILES string of the molecule is O=C1CN(C(=S)NCC2CCCCC2)CCN1Cc1ccc(F)cc1. The van der Waals surface area contributed by atoms with Crippen LogP contribution in [0.3, 0.4) is 0 Å². The Bertz CT molecular complexity index is 601. The average Bonchev–Trinajstić information content (AvgIpc) is 2.64. The van der Waals surface area contributed by atoms with Crippen LogP contribution in [0.15, 0.2) is 24.3 Å². The van der Waals surface area contributed by atoms with Gasteiger partial charge in [0.1, 0.15) is 5.82 Å². The number of carbonyl (C=O) groups excluding carboxylic acids is 1. The molecule has 2 fully saturated rings. The molecule has 0 unspecified atom stereocenters. The normalized spacial score (nSPS) is 19.2. The van der Waals surface area contributed by atoms with Gasteiger partial charge < -0.3 is 15.1 Å². The van der Waals surface area contributed by atoms with Crippen LogP contribution in [0.25, 0.3) is 0 Å². The van der Waals surface area contributed by atoms with Crippen molar-refractivity contribution in [2.75, 3.05) is 26.2 Å². The lowest BCUT2D eigenvalue weighted by molar-refractivity contribution is -0.135. The Morgan fingerprint density at radius 3 is 2.56 bits per heavy atom. The lowest BCUT2D eigenvalue weighted by atomic mass is 9.89. The lowest BCUT2D eigenvalue weighted by Gasteiger charge is -2.36. The number of rotatable bonds is 4. The molecular formula is C19H26FN3OS. The first-order valence-electron chi connectivity index (χ1n) is 9.17. The molecule has 136 valence electrons. The molecule has 1 aromatic rings. The molecule has 25 heavy (non-hydrogen) atoms. The highest BCUT2D eigenvalue weighted by molar-refractivity contribution is 7.80. The lowest BCUT2D eigenvalue weighted by Crippen LogP contribution is -2.54. The fraction of sp³-hybridized carbons (Fsp3) is 0.579. The predicted octanol–water partition coefficient (Wildman–Crippen LogP) is 2.92. The largest absolute Gasteiger partial charge is 0.362 e. The number of piperazine rings is 1. The molecule has 1 saturated heterocycles. The second-order valence-corrected chi connectivity index (χ2v) is 7.44. The zero-order valence-electron chi connectivity index (χ0n) is 14.5. The molecular weight excluding hydrogens is 337 g/mol. The van der Waals surface area contributed by atoms with Crippen molar-refractivity contribution in [2.45, 2.75) is 38.6 Å². The number of halogens is 1. The van der Waals surface area contributed by atoms with Crippen molar-refractivity contribution >= 4 is 23.2 Å². The Morgan fingerprint density at radius 1 is 1.16 bits per heavy atom. The Morgan fingerprint density at radius 2 is 1.88 bits per heavy atom. The number of amides is 1. The summed E-state index contributed by atoms with van der Waals surface area (Å²) >= 11 is 5.48. The molecule has 1 saturated carbocycles. The third-order valence-electron chi connectivity index (χ3n) is 5.16. The fourth-order valence-corrected chi connectivity index (χ4v) is 3.83. The number of nitrogens with zero attached hydrogens (tertiary/aromatic N) is 2. The van der Waals surface area contributed by atoms with Crippen LogP contribution in [0.4, 0.5) is 4.39 Å². The van der Waals surface area contributed by atoms with Crippen LogP contribution >= 0.6 is 12.2 Å². The number of carbonyl (C=O) groups is 1. The minimum absolute atomic E-state index is 0.0670. The number of nitrogens with one attached hydrogen (secondary N) is 1. The van der Waals surface area contributed by atoms with E-state index in [1.165, 1.54) is 44.2 Å². The number of benzene rings is 1. The standard InChI is InChI=1S/C19H26FN3OS/c20-17-8-6-16(7-9-17)13-22-10-11-23(14-18(22)24)19(25)21-12-15-4-2-1-3-5-15/h6-9,15H,1-5,10-14H2,(H,21,25). The van der Waals surface area contributed by atoms with Crippen molar-refractivity contribution in [3.8, 4) is 0 Å². The van der Waals surface area contributed by atoms with Gasteiger partial charge in [0, 0.05) is 26.2 Å². The van der Waals surface area contributed by atoms with Crippen molar-refractivity contribution in [1.82, 2.24) is 15.1 Å². The molecule has 0 bridgehead atoms. The first kappa shape index (κ1) is 18.1. The van der Waals surface area contributed by atoms with E-state index < -0.39 is 0 Å². The van der Waals surface area contributed by atoms with E-state index >= 15 is 0 Å². The van der Waals surface area contributed by atoms with Crippen LogP contribution in [-0.2, 0) is 11.3 Å². The van der Waals surface area contributed by atoms with Crippen LogP contribution in [0.1, 0.15) is 37.7 Å². The van der Waals surface area contributed by atoms with Gasteiger partial charge in [0.05, 0.1) is 6.54 Å². The molecule has 3 rings (SSSR count). The molecule has 4 nitrogen and oxygen atoms in total. The Labute approximate surface area is 154 Å². The van der Waals surface area contributed by atoms with E-state index in [1.807, 2.05) is 9.80 Å². The maximum atomic E-state index is 13.0. The fourth-order valence-electron chi connectivity index (χ4n) is 3.59. The highest BCUT2D eigenvalue weighted by Crippen LogP contribution is 2.22. The molecule has 1 amide bonds. The van der Waals surface area contributed by atoms with Gasteiger partial charge in [-0.3, -0.25) is 4.79 Å². The van der Waals surface area contributed by atoms with E-state index in [2.05, 4.69) is 5.32 Å². The summed E-state index contributed by atoms with van der Waals surface area (Å²) < 4.78 is 13.0. The number of thiocarbonyl (C=S) groups is 1. The molecule has 0 radical (unpaired) electrons. The summed E-state index contributed by atoms with van der Waals surface area (Å²) in [6, 6.07) is 6.32. The van der Waals surface area contributed by atoms with Crippen molar-refractivity contribution in [2.24, 2.45) is 5.92 Å². The van der Waals surface area contributed by atoms with E-state index in [4.69, 9.17) is 12.2 Å². The van der Waals surface area contributed by atoms with Crippen molar-refractivity contribution in [1.29, 1.82) is 0 Å². The average molecular weight is 364 g/mol. The summed E-state index contributed by atoms with van der Waals surface area (Å²) in [6.45, 7) is 3.14. The third-order valence-corrected chi connectivity index (χ3v) is 5.56. The molecule has 1 aromatic carbocycles. The molecule has 0 aromatic heterocycles. The van der Waals surface area contributed by atoms with Gasteiger partial charge in [-0.25, -0.2) is 4.39 Å². The Kier molecular flexibility index (Phi) is 6.24. The van der Waals surface area contributed by atoms with Gasteiger partial charge in [0.15, 0.2) is 5.11 Å². The van der Waals surface area contributed by atoms with Gasteiger partial charge in [-0.2, -0.15) is 0 Å². The van der Waals surface area contributed by atoms with Gasteiger partial charge in [0.2, 0.25) is 5.91 Å². The summed E-state index contributed by atoms with van der Waals surface area (Å²) in [5.74, 6) is 0.522. The smallest absolute Gasteiger partial charge is 0.242 e. The Balaban J connectivity index is 1.44. The maximum absolute atomic E-state index is 13.0. The van der Waals surface area contributed by atoms with E-state index in [0.29, 0.717) is 30.7 Å². The Hall–Kier alpha value is -1.69. The number of hydrogen-bond acceptors (Lipinski definition) is 2. The first-order valence-corrected chi connectivity index (χ1v) is 9.57. The van der Waals surface area contributed by atoms with Crippen molar-refractivity contribution in [3.05, 3.63) is 35.6 Å². The second-order valence-electron chi connectivity index (χ2n) is 7.05. The minimum atomic E-state index is -0.255. The summed E-state index contributed by atoms with van der Waals surface area (Å²) in [5.41, 5.74) is 0.946. The highest BCUT2D eigenvalue weighted by Gasteiger charge is 2.25. The number of hydrogen-bond donors (Lipinski definition) is 1. The molecule has 1 aliphatic heterocycles. The topological polar surface area (TPSA) is 35.6 Å². The quantitative estimate of drug-likeness (QED) is 0.835. The van der Waals surface area contributed by atoms with Crippen LogP contribution in [-0.4, -0.2) is 47.0 Å². The molecule has 2 aliphatic rings. The van der Waals surface area contributed by atoms with Gasteiger partial charge in [0.25, 0.3) is 0 Å². The highest BCUT2D eigenvalue weighted by atomic mass is 32.1. The molecule has 0 atom stereocenters. The monoisotopic (exact) mass is 363 g/mol. The summed E-state index contributed by atoms with van der Waals surface area (Å²) in [6.07, 6.45) is 6.55. The van der Waals surface area contributed by atoms with E-state index in [-0.39, 0.29) is 11.7 Å². The van der Waals surface area contributed by atoms with Crippen LogP contribution < -0.4 is 5.32 Å². The van der Waals surface area contributed by atoms with Crippen LogP contribution in [0, 0.1) is 11.7 Å². The summed E-state index contributed by atoms with van der Waals surface area (Å²) in [4.78, 5) is 16.2. The van der Waals surface area contributed by atoms with Gasteiger partial charge in [-0.15, -0.1) is 0 Å².